The standard InChI is InChI=1S/C17H23NO3/c1-12-10-18(16(20)21-17(2,3)4)8-7-14-9-13(11-19)5-6-15(12)14/h5-6,9,19H,1,7-8,10-11H2,2-4H3. The van der Waals surface area contributed by atoms with Crippen LogP contribution in [0.3, 0.4) is 0 Å². The maximum Gasteiger partial charge on any atom is 0.410 e. The van der Waals surface area contributed by atoms with Crippen molar-refractivity contribution >= 4 is 11.7 Å². The van der Waals surface area contributed by atoms with Crippen LogP contribution in [0.15, 0.2) is 24.8 Å². The maximum absolute atomic E-state index is 12.2. The number of carbonyl (C=O) groups is 1. The van der Waals surface area contributed by atoms with Gasteiger partial charge in [-0.1, -0.05) is 24.8 Å². The fraction of sp³-hybridized carbons (Fsp3) is 0.471. The van der Waals surface area contributed by atoms with Crippen LogP contribution in [0.2, 0.25) is 0 Å². The molecule has 0 unspecified atom stereocenters. The number of rotatable bonds is 1. The third-order valence-corrected chi connectivity index (χ3v) is 3.42. The number of nitrogens with zero attached hydrogens (tertiary/aromatic N) is 1. The van der Waals surface area contributed by atoms with E-state index in [1.165, 1.54) is 0 Å². The molecule has 0 atom stereocenters. The van der Waals surface area contributed by atoms with Gasteiger partial charge < -0.3 is 14.7 Å². The minimum absolute atomic E-state index is 0.0233. The lowest BCUT2D eigenvalue weighted by Gasteiger charge is -2.26. The van der Waals surface area contributed by atoms with E-state index in [-0.39, 0.29) is 12.7 Å². The summed E-state index contributed by atoms with van der Waals surface area (Å²) in [5, 5.41) is 9.24. The molecular weight excluding hydrogens is 266 g/mol. The highest BCUT2D eigenvalue weighted by molar-refractivity contribution is 5.75. The molecule has 0 aliphatic carbocycles. The van der Waals surface area contributed by atoms with Crippen LogP contribution in [0.1, 0.15) is 37.5 Å². The van der Waals surface area contributed by atoms with Crippen molar-refractivity contribution in [3.05, 3.63) is 41.5 Å². The van der Waals surface area contributed by atoms with E-state index in [0.717, 1.165) is 28.7 Å². The van der Waals surface area contributed by atoms with Crippen molar-refractivity contribution in [1.82, 2.24) is 4.90 Å². The van der Waals surface area contributed by atoms with Crippen molar-refractivity contribution in [3.63, 3.8) is 0 Å². The Morgan fingerprint density at radius 3 is 2.76 bits per heavy atom. The first kappa shape index (κ1) is 15.6. The zero-order valence-electron chi connectivity index (χ0n) is 13.0. The quantitative estimate of drug-likeness (QED) is 0.864. The van der Waals surface area contributed by atoms with Crippen LogP contribution in [-0.4, -0.2) is 34.8 Å². The Kier molecular flexibility index (Phi) is 4.37. The summed E-state index contributed by atoms with van der Waals surface area (Å²) >= 11 is 0. The van der Waals surface area contributed by atoms with E-state index in [9.17, 15) is 9.90 Å². The molecule has 114 valence electrons. The molecule has 0 bridgehead atoms. The molecule has 1 amide bonds. The lowest BCUT2D eigenvalue weighted by atomic mass is 9.98. The minimum Gasteiger partial charge on any atom is -0.444 e. The average Bonchev–Trinajstić information content (AvgIpc) is 2.56. The fourth-order valence-corrected chi connectivity index (χ4v) is 2.43. The van der Waals surface area contributed by atoms with Crippen LogP contribution in [0.4, 0.5) is 4.79 Å². The van der Waals surface area contributed by atoms with Crippen LogP contribution >= 0.6 is 0 Å². The first-order valence-corrected chi connectivity index (χ1v) is 7.19. The van der Waals surface area contributed by atoms with E-state index in [2.05, 4.69) is 6.58 Å². The monoisotopic (exact) mass is 289 g/mol. The van der Waals surface area contributed by atoms with Crippen LogP contribution in [-0.2, 0) is 17.8 Å². The molecule has 4 heteroatoms. The van der Waals surface area contributed by atoms with Crippen molar-refractivity contribution in [2.24, 2.45) is 0 Å². The first-order valence-electron chi connectivity index (χ1n) is 7.19. The number of carbonyl (C=O) groups excluding carboxylic acids is 1. The number of ether oxygens (including phenoxy) is 1. The largest absolute Gasteiger partial charge is 0.444 e. The normalized spacial score (nSPS) is 15.4. The second kappa shape index (κ2) is 5.90. The number of benzene rings is 1. The fourth-order valence-electron chi connectivity index (χ4n) is 2.43. The molecule has 0 spiro atoms. The number of hydrogen-bond acceptors (Lipinski definition) is 3. The van der Waals surface area contributed by atoms with Gasteiger partial charge in [-0.15, -0.1) is 0 Å². The molecule has 2 rings (SSSR count). The Labute approximate surface area is 126 Å². The zero-order chi connectivity index (χ0) is 15.6. The van der Waals surface area contributed by atoms with Crippen molar-refractivity contribution < 1.29 is 14.6 Å². The molecule has 0 fully saturated rings. The molecule has 1 N–H and O–H groups in total. The van der Waals surface area contributed by atoms with Crippen LogP contribution in [0.5, 0.6) is 0 Å². The van der Waals surface area contributed by atoms with E-state index in [1.807, 2.05) is 39.0 Å². The van der Waals surface area contributed by atoms with Gasteiger partial charge >= 0.3 is 6.09 Å². The third kappa shape index (κ3) is 3.85. The highest BCUT2D eigenvalue weighted by Crippen LogP contribution is 2.25. The predicted octanol–water partition coefficient (Wildman–Crippen LogP) is 2.99. The highest BCUT2D eigenvalue weighted by atomic mass is 16.6. The number of aliphatic hydroxyl groups excluding tert-OH is 1. The van der Waals surface area contributed by atoms with E-state index in [4.69, 9.17) is 4.74 Å². The van der Waals surface area contributed by atoms with Gasteiger partial charge in [-0.05, 0) is 49.5 Å². The average molecular weight is 289 g/mol. The molecule has 1 heterocycles. The van der Waals surface area contributed by atoms with Crippen molar-refractivity contribution in [2.75, 3.05) is 13.1 Å². The Morgan fingerprint density at radius 2 is 2.14 bits per heavy atom. The summed E-state index contributed by atoms with van der Waals surface area (Å²) in [6.07, 6.45) is 0.431. The number of hydrogen-bond donors (Lipinski definition) is 1. The molecule has 4 nitrogen and oxygen atoms in total. The number of amides is 1. The minimum atomic E-state index is -0.498. The summed E-state index contributed by atoms with van der Waals surface area (Å²) in [7, 11) is 0. The van der Waals surface area contributed by atoms with E-state index >= 15 is 0 Å². The van der Waals surface area contributed by atoms with Crippen molar-refractivity contribution in [3.8, 4) is 0 Å². The molecule has 0 saturated heterocycles. The SMILES string of the molecule is C=C1CN(C(=O)OC(C)(C)C)CCc2cc(CO)ccc21. The third-order valence-electron chi connectivity index (χ3n) is 3.42. The summed E-state index contributed by atoms with van der Waals surface area (Å²) < 4.78 is 5.43. The Morgan fingerprint density at radius 1 is 1.43 bits per heavy atom. The second-order valence-electron chi connectivity index (χ2n) is 6.41. The molecule has 1 aliphatic heterocycles. The van der Waals surface area contributed by atoms with E-state index < -0.39 is 5.60 Å². The molecule has 0 saturated carbocycles. The Hall–Kier alpha value is -1.81. The number of fused-ring (bicyclic) bond motifs is 1. The van der Waals surface area contributed by atoms with Gasteiger partial charge in [0.2, 0.25) is 0 Å². The Balaban J connectivity index is 2.17. The predicted molar refractivity (Wildman–Crippen MR) is 82.9 cm³/mol. The molecule has 1 aromatic rings. The zero-order valence-corrected chi connectivity index (χ0v) is 13.0. The molecule has 0 radical (unpaired) electrons. The second-order valence-corrected chi connectivity index (χ2v) is 6.41. The maximum atomic E-state index is 12.2. The van der Waals surface area contributed by atoms with Gasteiger partial charge in [0.15, 0.2) is 0 Å². The lowest BCUT2D eigenvalue weighted by molar-refractivity contribution is 0.0280. The van der Waals surface area contributed by atoms with Gasteiger partial charge in [-0.3, -0.25) is 0 Å². The van der Waals surface area contributed by atoms with E-state index in [1.54, 1.807) is 4.90 Å². The smallest absolute Gasteiger partial charge is 0.410 e. The van der Waals surface area contributed by atoms with Gasteiger partial charge in [-0.2, -0.15) is 0 Å². The van der Waals surface area contributed by atoms with Crippen molar-refractivity contribution in [1.29, 1.82) is 0 Å². The molecule has 0 aromatic heterocycles. The first-order chi connectivity index (χ1) is 9.80. The Bertz CT molecular complexity index is 558. The van der Waals surface area contributed by atoms with E-state index in [0.29, 0.717) is 13.1 Å². The molecule has 21 heavy (non-hydrogen) atoms. The van der Waals surface area contributed by atoms with Gasteiger partial charge in [0.25, 0.3) is 0 Å². The van der Waals surface area contributed by atoms with Gasteiger partial charge in [-0.25, -0.2) is 4.79 Å². The summed E-state index contributed by atoms with van der Waals surface area (Å²) in [5.41, 5.74) is 3.47. The summed E-state index contributed by atoms with van der Waals surface area (Å²) in [6.45, 7) is 10.8. The summed E-state index contributed by atoms with van der Waals surface area (Å²) in [5.74, 6) is 0. The van der Waals surface area contributed by atoms with Gasteiger partial charge in [0.05, 0.1) is 6.61 Å². The topological polar surface area (TPSA) is 49.8 Å². The van der Waals surface area contributed by atoms with Crippen LogP contribution < -0.4 is 0 Å². The summed E-state index contributed by atoms with van der Waals surface area (Å²) in [6, 6.07) is 5.86. The highest BCUT2D eigenvalue weighted by Gasteiger charge is 2.25. The molecule has 1 aliphatic rings. The van der Waals surface area contributed by atoms with Crippen LogP contribution in [0, 0.1) is 0 Å². The number of aliphatic hydroxyl groups is 1. The van der Waals surface area contributed by atoms with Gasteiger partial charge in [0.1, 0.15) is 5.60 Å². The lowest BCUT2D eigenvalue weighted by Crippen LogP contribution is -2.38. The van der Waals surface area contributed by atoms with Crippen molar-refractivity contribution in [2.45, 2.75) is 39.4 Å². The molecule has 1 aromatic carbocycles. The van der Waals surface area contributed by atoms with Gasteiger partial charge in [0, 0.05) is 13.1 Å². The molecular formula is C17H23NO3. The van der Waals surface area contributed by atoms with Crippen LogP contribution in [0.25, 0.3) is 5.57 Å². The summed E-state index contributed by atoms with van der Waals surface area (Å²) in [4.78, 5) is 13.9.